The Labute approximate surface area is 75.8 Å². The van der Waals surface area contributed by atoms with E-state index in [2.05, 4.69) is 13.8 Å². The van der Waals surface area contributed by atoms with Crippen molar-refractivity contribution < 1.29 is 4.74 Å². The minimum atomic E-state index is -0.219. The second-order valence-corrected chi connectivity index (χ2v) is 3.99. The molecule has 0 aromatic rings. The summed E-state index contributed by atoms with van der Waals surface area (Å²) in [6.07, 6.45) is 4.50. The fourth-order valence-electron chi connectivity index (χ4n) is 0.838. The van der Waals surface area contributed by atoms with Crippen LogP contribution in [0, 0.1) is 5.92 Å². The maximum absolute atomic E-state index is 5.61. The Balaban J connectivity index is 3.61. The molecule has 0 heterocycles. The quantitative estimate of drug-likeness (QED) is 0.689. The van der Waals surface area contributed by atoms with Gasteiger partial charge in [0.1, 0.15) is 0 Å². The van der Waals surface area contributed by atoms with Crippen molar-refractivity contribution in [2.75, 3.05) is 6.61 Å². The third-order valence-corrected chi connectivity index (χ3v) is 1.67. The van der Waals surface area contributed by atoms with Crippen molar-refractivity contribution in [1.29, 1.82) is 0 Å². The predicted molar refractivity (Wildman–Crippen MR) is 52.8 cm³/mol. The van der Waals surface area contributed by atoms with E-state index in [1.54, 1.807) is 0 Å². The topological polar surface area (TPSA) is 35.2 Å². The Morgan fingerprint density at radius 1 is 1.42 bits per heavy atom. The lowest BCUT2D eigenvalue weighted by Gasteiger charge is -2.21. The van der Waals surface area contributed by atoms with E-state index in [4.69, 9.17) is 10.5 Å². The van der Waals surface area contributed by atoms with Crippen LogP contribution in [0.3, 0.4) is 0 Å². The number of hydrogen-bond acceptors (Lipinski definition) is 2. The van der Waals surface area contributed by atoms with E-state index in [0.29, 0.717) is 5.92 Å². The molecule has 0 aromatic carbocycles. The van der Waals surface area contributed by atoms with Crippen LogP contribution in [0.4, 0.5) is 0 Å². The zero-order valence-corrected chi connectivity index (χ0v) is 8.63. The Kier molecular flexibility index (Phi) is 4.98. The first-order valence-corrected chi connectivity index (χ1v) is 4.51. The molecule has 0 spiro atoms. The highest BCUT2D eigenvalue weighted by Gasteiger charge is 2.13. The van der Waals surface area contributed by atoms with Gasteiger partial charge >= 0.3 is 0 Å². The molecule has 0 amide bonds. The first-order chi connectivity index (χ1) is 5.48. The SMILES string of the molecule is CC(C)CCOC(C)(C)/C=C/N. The molecule has 0 aliphatic carbocycles. The van der Waals surface area contributed by atoms with Crippen molar-refractivity contribution >= 4 is 0 Å². The van der Waals surface area contributed by atoms with Gasteiger partial charge in [-0.25, -0.2) is 0 Å². The van der Waals surface area contributed by atoms with Gasteiger partial charge in [0.05, 0.1) is 5.60 Å². The van der Waals surface area contributed by atoms with Crippen LogP contribution < -0.4 is 5.73 Å². The Morgan fingerprint density at radius 3 is 2.42 bits per heavy atom. The Morgan fingerprint density at radius 2 is 2.00 bits per heavy atom. The van der Waals surface area contributed by atoms with Crippen molar-refractivity contribution in [2.24, 2.45) is 11.7 Å². The Bertz CT molecular complexity index is 139. The van der Waals surface area contributed by atoms with Gasteiger partial charge in [-0.3, -0.25) is 0 Å². The average Bonchev–Trinajstić information content (AvgIpc) is 1.85. The zero-order chi connectivity index (χ0) is 9.61. The molecule has 0 aliphatic heterocycles. The van der Waals surface area contributed by atoms with Crippen LogP contribution in [0.1, 0.15) is 34.1 Å². The summed E-state index contributed by atoms with van der Waals surface area (Å²) in [6, 6.07) is 0. The summed E-state index contributed by atoms with van der Waals surface area (Å²) in [5.74, 6) is 0.697. The summed E-state index contributed by atoms with van der Waals surface area (Å²) in [4.78, 5) is 0. The van der Waals surface area contributed by atoms with Crippen molar-refractivity contribution in [1.82, 2.24) is 0 Å². The van der Waals surface area contributed by atoms with Crippen LogP contribution in [-0.4, -0.2) is 12.2 Å². The third-order valence-electron chi connectivity index (χ3n) is 1.67. The maximum atomic E-state index is 5.61. The number of nitrogens with two attached hydrogens (primary N) is 1. The molecular weight excluding hydrogens is 150 g/mol. The number of hydrogen-bond donors (Lipinski definition) is 1. The molecule has 0 saturated heterocycles. The lowest BCUT2D eigenvalue weighted by atomic mass is 10.1. The van der Waals surface area contributed by atoms with Crippen molar-refractivity contribution in [2.45, 2.75) is 39.7 Å². The van der Waals surface area contributed by atoms with Crippen LogP contribution in [0.15, 0.2) is 12.3 Å². The van der Waals surface area contributed by atoms with Crippen LogP contribution >= 0.6 is 0 Å². The lowest BCUT2D eigenvalue weighted by Crippen LogP contribution is -2.22. The molecule has 0 aromatic heterocycles. The molecule has 72 valence electrons. The van der Waals surface area contributed by atoms with Gasteiger partial charge in [0.15, 0.2) is 0 Å². The van der Waals surface area contributed by atoms with Crippen molar-refractivity contribution in [3.05, 3.63) is 12.3 Å². The lowest BCUT2D eigenvalue weighted by molar-refractivity contribution is 0.0139. The highest BCUT2D eigenvalue weighted by molar-refractivity contribution is 4.93. The number of ether oxygens (including phenoxy) is 1. The monoisotopic (exact) mass is 171 g/mol. The molecule has 2 N–H and O–H groups in total. The number of rotatable bonds is 5. The van der Waals surface area contributed by atoms with E-state index in [9.17, 15) is 0 Å². The summed E-state index contributed by atoms with van der Waals surface area (Å²) in [5, 5.41) is 0. The average molecular weight is 171 g/mol. The predicted octanol–water partition coefficient (Wildman–Crippen LogP) is 2.30. The summed E-state index contributed by atoms with van der Waals surface area (Å²) in [5.41, 5.74) is 5.07. The molecule has 2 nitrogen and oxygen atoms in total. The van der Waals surface area contributed by atoms with Crippen LogP contribution in [0.5, 0.6) is 0 Å². The first-order valence-electron chi connectivity index (χ1n) is 4.51. The van der Waals surface area contributed by atoms with Gasteiger partial charge in [0, 0.05) is 6.61 Å². The molecule has 0 fully saturated rings. The largest absolute Gasteiger partial charge is 0.405 e. The van der Waals surface area contributed by atoms with Gasteiger partial charge in [-0.2, -0.15) is 0 Å². The van der Waals surface area contributed by atoms with E-state index in [1.807, 2.05) is 19.9 Å². The summed E-state index contributed by atoms with van der Waals surface area (Å²) < 4.78 is 5.61. The fraction of sp³-hybridized carbons (Fsp3) is 0.800. The zero-order valence-electron chi connectivity index (χ0n) is 8.63. The van der Waals surface area contributed by atoms with Crippen LogP contribution in [0.2, 0.25) is 0 Å². The molecule has 0 rings (SSSR count). The van der Waals surface area contributed by atoms with Crippen LogP contribution in [0.25, 0.3) is 0 Å². The van der Waals surface area contributed by atoms with Gasteiger partial charge in [0.25, 0.3) is 0 Å². The van der Waals surface area contributed by atoms with E-state index in [1.165, 1.54) is 6.20 Å². The van der Waals surface area contributed by atoms with Gasteiger partial charge in [-0.1, -0.05) is 13.8 Å². The molecule has 0 aliphatic rings. The van der Waals surface area contributed by atoms with Gasteiger partial charge < -0.3 is 10.5 Å². The summed E-state index contributed by atoms with van der Waals surface area (Å²) in [7, 11) is 0. The smallest absolute Gasteiger partial charge is 0.0823 e. The molecule has 0 radical (unpaired) electrons. The van der Waals surface area contributed by atoms with Crippen LogP contribution in [-0.2, 0) is 4.74 Å². The maximum Gasteiger partial charge on any atom is 0.0823 e. The van der Waals surface area contributed by atoms with Crippen molar-refractivity contribution in [3.8, 4) is 0 Å². The fourth-order valence-corrected chi connectivity index (χ4v) is 0.838. The standard InChI is InChI=1S/C10H21NO/c1-9(2)5-8-12-10(3,4)6-7-11/h6-7,9H,5,8,11H2,1-4H3/b7-6+. The second kappa shape index (κ2) is 5.20. The normalized spacial score (nSPS) is 13.1. The third kappa shape index (κ3) is 6.23. The highest BCUT2D eigenvalue weighted by atomic mass is 16.5. The molecule has 2 heteroatoms. The molecule has 0 unspecified atom stereocenters. The Hall–Kier alpha value is -0.500. The van der Waals surface area contributed by atoms with E-state index < -0.39 is 0 Å². The van der Waals surface area contributed by atoms with E-state index in [0.717, 1.165) is 13.0 Å². The molecule has 0 bridgehead atoms. The summed E-state index contributed by atoms with van der Waals surface area (Å²) in [6.45, 7) is 9.20. The second-order valence-electron chi connectivity index (χ2n) is 3.99. The molecule has 12 heavy (non-hydrogen) atoms. The van der Waals surface area contributed by atoms with Gasteiger partial charge in [-0.05, 0) is 38.5 Å². The highest BCUT2D eigenvalue weighted by Crippen LogP contribution is 2.12. The van der Waals surface area contributed by atoms with Gasteiger partial charge in [-0.15, -0.1) is 0 Å². The van der Waals surface area contributed by atoms with E-state index in [-0.39, 0.29) is 5.60 Å². The molecular formula is C10H21NO. The van der Waals surface area contributed by atoms with Crippen molar-refractivity contribution in [3.63, 3.8) is 0 Å². The van der Waals surface area contributed by atoms with E-state index >= 15 is 0 Å². The molecule has 0 saturated carbocycles. The minimum absolute atomic E-state index is 0.219. The van der Waals surface area contributed by atoms with Gasteiger partial charge in [0.2, 0.25) is 0 Å². The summed E-state index contributed by atoms with van der Waals surface area (Å²) >= 11 is 0. The minimum Gasteiger partial charge on any atom is -0.405 e. The first kappa shape index (κ1) is 11.5. The molecule has 0 atom stereocenters.